The average molecular weight is 400 g/mol. The molecule has 1 saturated heterocycles. The minimum Gasteiger partial charge on any atom is -0.354 e. The topological polar surface area (TPSA) is 44.3 Å². The summed E-state index contributed by atoms with van der Waals surface area (Å²) in [4.78, 5) is 14.0. The van der Waals surface area contributed by atoms with E-state index in [9.17, 15) is 0 Å². The fraction of sp³-hybridized carbons (Fsp3) is 0.280. The van der Waals surface area contributed by atoms with Gasteiger partial charge in [-0.2, -0.15) is 4.98 Å². The predicted molar refractivity (Wildman–Crippen MR) is 125 cm³/mol. The summed E-state index contributed by atoms with van der Waals surface area (Å²) < 4.78 is 0. The minimum absolute atomic E-state index is 0.684. The third-order valence-electron chi connectivity index (χ3n) is 5.51. The molecular formula is C25H29N5. The lowest BCUT2D eigenvalue weighted by molar-refractivity contribution is 0.283. The van der Waals surface area contributed by atoms with Crippen molar-refractivity contribution in [2.45, 2.75) is 13.5 Å². The molecule has 0 spiro atoms. The molecule has 0 radical (unpaired) electrons. The summed E-state index contributed by atoms with van der Waals surface area (Å²) in [6.07, 6.45) is 6.30. The molecule has 0 saturated carbocycles. The molecule has 5 nitrogen and oxygen atoms in total. The fourth-order valence-corrected chi connectivity index (χ4v) is 3.65. The van der Waals surface area contributed by atoms with Crippen molar-refractivity contribution >= 4 is 17.8 Å². The molecule has 1 N–H and O–H groups in total. The van der Waals surface area contributed by atoms with Crippen molar-refractivity contribution in [3.63, 3.8) is 0 Å². The number of piperazine rings is 1. The first kappa shape index (κ1) is 20.1. The van der Waals surface area contributed by atoms with Gasteiger partial charge in [-0.1, -0.05) is 66.7 Å². The van der Waals surface area contributed by atoms with Crippen molar-refractivity contribution < 1.29 is 0 Å². The highest BCUT2D eigenvalue weighted by Crippen LogP contribution is 2.16. The van der Waals surface area contributed by atoms with E-state index in [1.807, 2.05) is 18.3 Å². The van der Waals surface area contributed by atoms with E-state index >= 15 is 0 Å². The summed E-state index contributed by atoms with van der Waals surface area (Å²) in [5.74, 6) is 1.68. The molecule has 1 aromatic heterocycles. The highest BCUT2D eigenvalue weighted by molar-refractivity contribution is 5.49. The van der Waals surface area contributed by atoms with Crippen LogP contribution in [0.1, 0.15) is 16.7 Å². The van der Waals surface area contributed by atoms with Gasteiger partial charge in [0.05, 0.1) is 0 Å². The lowest BCUT2D eigenvalue weighted by Crippen LogP contribution is -2.46. The van der Waals surface area contributed by atoms with Crippen LogP contribution < -0.4 is 10.2 Å². The normalized spacial score (nSPS) is 14.9. The van der Waals surface area contributed by atoms with Gasteiger partial charge in [0.1, 0.15) is 5.82 Å². The zero-order valence-corrected chi connectivity index (χ0v) is 17.5. The highest BCUT2D eigenvalue weighted by Gasteiger charge is 2.17. The van der Waals surface area contributed by atoms with E-state index < -0.39 is 0 Å². The van der Waals surface area contributed by atoms with Gasteiger partial charge in [0, 0.05) is 45.5 Å². The van der Waals surface area contributed by atoms with Gasteiger partial charge in [0.25, 0.3) is 0 Å². The van der Waals surface area contributed by atoms with Crippen LogP contribution in [0.2, 0.25) is 0 Å². The van der Waals surface area contributed by atoms with Crippen molar-refractivity contribution in [3.8, 4) is 0 Å². The van der Waals surface area contributed by atoms with Gasteiger partial charge >= 0.3 is 0 Å². The van der Waals surface area contributed by atoms with E-state index in [1.54, 1.807) is 0 Å². The third kappa shape index (κ3) is 5.45. The van der Waals surface area contributed by atoms with Crippen LogP contribution in [0.15, 0.2) is 72.9 Å². The Hall–Kier alpha value is -3.18. The van der Waals surface area contributed by atoms with Gasteiger partial charge in [0.15, 0.2) is 0 Å². The second-order valence-corrected chi connectivity index (χ2v) is 7.62. The van der Waals surface area contributed by atoms with Crippen LogP contribution in [0.25, 0.3) is 6.08 Å². The lowest BCUT2D eigenvalue weighted by atomic mass is 10.1. The number of hydrogen-bond donors (Lipinski definition) is 1. The van der Waals surface area contributed by atoms with E-state index in [1.165, 1.54) is 16.7 Å². The van der Waals surface area contributed by atoms with Crippen molar-refractivity contribution in [2.75, 3.05) is 42.9 Å². The molecule has 1 aliphatic heterocycles. The Labute approximate surface area is 179 Å². The molecule has 1 fully saturated rings. The minimum atomic E-state index is 0.684. The van der Waals surface area contributed by atoms with E-state index in [4.69, 9.17) is 4.98 Å². The second kappa shape index (κ2) is 10.0. The first-order chi connectivity index (χ1) is 14.8. The van der Waals surface area contributed by atoms with E-state index in [0.29, 0.717) is 5.95 Å². The van der Waals surface area contributed by atoms with Crippen LogP contribution in [-0.2, 0) is 6.54 Å². The lowest BCUT2D eigenvalue weighted by Gasteiger charge is -2.34. The molecule has 154 valence electrons. The summed E-state index contributed by atoms with van der Waals surface area (Å²) >= 11 is 0. The molecule has 0 aliphatic carbocycles. The highest BCUT2D eigenvalue weighted by atomic mass is 15.3. The first-order valence-corrected chi connectivity index (χ1v) is 10.6. The maximum Gasteiger partial charge on any atom is 0.224 e. The van der Waals surface area contributed by atoms with Gasteiger partial charge in [0.2, 0.25) is 5.95 Å². The molecule has 0 unspecified atom stereocenters. The summed E-state index contributed by atoms with van der Waals surface area (Å²) in [5, 5.41) is 3.37. The standard InChI is InChI=1S/C25H29N5/c1-21-8-5-6-12-23(21)20-27-25-26-14-13-24(28-25)30-18-16-29(17-19-30)15-7-11-22-9-3-2-4-10-22/h2-14H,15-20H2,1H3,(H,26,27,28)/b11-7+. The number of anilines is 2. The largest absolute Gasteiger partial charge is 0.354 e. The smallest absolute Gasteiger partial charge is 0.224 e. The molecule has 5 heteroatoms. The Bertz CT molecular complexity index is 962. The molecule has 3 aromatic rings. The van der Waals surface area contributed by atoms with Gasteiger partial charge in [-0.25, -0.2) is 4.98 Å². The summed E-state index contributed by atoms with van der Waals surface area (Å²) in [6.45, 7) is 7.88. The van der Waals surface area contributed by atoms with Crippen LogP contribution in [-0.4, -0.2) is 47.6 Å². The Morgan fingerprint density at radius 1 is 0.933 bits per heavy atom. The maximum absolute atomic E-state index is 4.74. The van der Waals surface area contributed by atoms with Crippen LogP contribution in [0.3, 0.4) is 0 Å². The summed E-state index contributed by atoms with van der Waals surface area (Å²) in [5.41, 5.74) is 3.80. The van der Waals surface area contributed by atoms with Gasteiger partial charge in [-0.15, -0.1) is 0 Å². The summed E-state index contributed by atoms with van der Waals surface area (Å²) in [6, 6.07) is 20.9. The quantitative estimate of drug-likeness (QED) is 0.644. The third-order valence-corrected chi connectivity index (χ3v) is 5.51. The number of benzene rings is 2. The van der Waals surface area contributed by atoms with Crippen LogP contribution in [0, 0.1) is 6.92 Å². The van der Waals surface area contributed by atoms with Crippen molar-refractivity contribution in [2.24, 2.45) is 0 Å². The van der Waals surface area contributed by atoms with Gasteiger partial charge < -0.3 is 10.2 Å². The first-order valence-electron chi connectivity index (χ1n) is 10.6. The molecule has 0 amide bonds. The van der Waals surface area contributed by atoms with Gasteiger partial charge in [-0.3, -0.25) is 4.90 Å². The van der Waals surface area contributed by atoms with E-state index in [0.717, 1.165) is 45.1 Å². The van der Waals surface area contributed by atoms with Crippen LogP contribution in [0.4, 0.5) is 11.8 Å². The van der Waals surface area contributed by atoms with Crippen LogP contribution >= 0.6 is 0 Å². The van der Waals surface area contributed by atoms with Crippen molar-refractivity contribution in [1.82, 2.24) is 14.9 Å². The Kier molecular flexibility index (Phi) is 6.72. The molecule has 0 bridgehead atoms. The maximum atomic E-state index is 4.74. The Balaban J connectivity index is 1.28. The van der Waals surface area contributed by atoms with Crippen molar-refractivity contribution in [3.05, 3.63) is 89.6 Å². The second-order valence-electron chi connectivity index (χ2n) is 7.62. The number of aromatic nitrogens is 2. The SMILES string of the molecule is Cc1ccccc1CNc1nccc(N2CCN(C/C=C/c3ccccc3)CC2)n1. The van der Waals surface area contributed by atoms with E-state index in [-0.39, 0.29) is 0 Å². The number of aryl methyl sites for hydroxylation is 1. The molecule has 4 rings (SSSR count). The zero-order chi connectivity index (χ0) is 20.6. The van der Waals surface area contributed by atoms with E-state index in [2.05, 4.69) is 87.7 Å². The Morgan fingerprint density at radius 3 is 2.50 bits per heavy atom. The zero-order valence-electron chi connectivity index (χ0n) is 17.5. The Morgan fingerprint density at radius 2 is 1.70 bits per heavy atom. The number of nitrogens with one attached hydrogen (secondary N) is 1. The fourth-order valence-electron chi connectivity index (χ4n) is 3.65. The monoisotopic (exact) mass is 399 g/mol. The number of hydrogen-bond acceptors (Lipinski definition) is 5. The molecule has 2 heterocycles. The average Bonchev–Trinajstić information content (AvgIpc) is 2.80. The molecule has 1 aliphatic rings. The molecule has 2 aromatic carbocycles. The molecule has 0 atom stereocenters. The number of nitrogens with zero attached hydrogens (tertiary/aromatic N) is 4. The predicted octanol–water partition coefficient (Wildman–Crippen LogP) is 4.23. The summed E-state index contributed by atoms with van der Waals surface area (Å²) in [7, 11) is 0. The van der Waals surface area contributed by atoms with Gasteiger partial charge in [-0.05, 0) is 29.7 Å². The molecule has 30 heavy (non-hydrogen) atoms. The number of rotatable bonds is 7. The molecular weight excluding hydrogens is 370 g/mol. The van der Waals surface area contributed by atoms with Crippen molar-refractivity contribution in [1.29, 1.82) is 0 Å². The van der Waals surface area contributed by atoms with Crippen LogP contribution in [0.5, 0.6) is 0 Å².